The Balaban J connectivity index is 1.22. The topological polar surface area (TPSA) is 51.5 Å². The number of rotatable bonds is 10. The van der Waals surface area contributed by atoms with Crippen molar-refractivity contribution in [3.63, 3.8) is 0 Å². The highest BCUT2D eigenvalue weighted by molar-refractivity contribution is 5.66. The van der Waals surface area contributed by atoms with E-state index in [1.807, 2.05) is 0 Å². The van der Waals surface area contributed by atoms with Crippen molar-refractivity contribution in [3.05, 3.63) is 88.2 Å². The first kappa shape index (κ1) is 33.7. The largest absolute Gasteiger partial charge is 0.432 e. The highest BCUT2D eigenvalue weighted by atomic mass is 19.3. The minimum Gasteiger partial charge on any atom is -0.429 e. The summed E-state index contributed by atoms with van der Waals surface area (Å²) in [6, 6.07) is 6.39. The van der Waals surface area contributed by atoms with Crippen LogP contribution >= 0.6 is 0 Å². The molecule has 2 fully saturated rings. The smallest absolute Gasteiger partial charge is 0.429 e. The Morgan fingerprint density at radius 1 is 0.804 bits per heavy atom. The molecule has 1 aliphatic carbocycles. The number of benzene rings is 3. The van der Waals surface area contributed by atoms with Crippen molar-refractivity contribution in [2.45, 2.75) is 70.7 Å². The van der Waals surface area contributed by atoms with Gasteiger partial charge in [0, 0.05) is 23.1 Å². The van der Waals surface area contributed by atoms with Crippen LogP contribution in [0.4, 0.5) is 30.7 Å². The minimum absolute atomic E-state index is 0.107. The van der Waals surface area contributed by atoms with Gasteiger partial charge in [0.05, 0.1) is 13.2 Å². The zero-order valence-electron chi connectivity index (χ0n) is 25.2. The first-order chi connectivity index (χ1) is 22.0. The van der Waals surface area contributed by atoms with Crippen molar-refractivity contribution >= 4 is 0 Å². The van der Waals surface area contributed by atoms with E-state index >= 15 is 17.6 Å². The molecule has 0 bridgehead atoms. The van der Waals surface area contributed by atoms with Crippen LogP contribution in [-0.4, -0.2) is 13.2 Å². The third kappa shape index (κ3) is 7.50. The molecule has 2 aliphatic rings. The molecule has 1 aliphatic heterocycles. The van der Waals surface area contributed by atoms with Crippen LogP contribution in [0.1, 0.15) is 81.3 Å². The van der Waals surface area contributed by atoms with Crippen LogP contribution in [0.5, 0.6) is 5.75 Å². The molecule has 0 aromatic heterocycles. The molecule has 1 saturated carbocycles. The molecule has 3 aromatic carbocycles. The summed E-state index contributed by atoms with van der Waals surface area (Å²) in [5.74, 6) is -6.40. The standard InChI is InChI=1S/C35H34F7NO3/c1-2-3-4-5-20-6-8-21(9-7-20)24-18-44-34(45-19-24)23-14-31(39)33(32(40)15-23)35(41,42)46-25-10-11-26(30(38)16-25)22-12-28(36)27(17-43)29(37)13-22/h10-16,20-21,24,34H,2-9,18-19H2,1H3. The van der Waals surface area contributed by atoms with Gasteiger partial charge in [0.25, 0.3) is 0 Å². The average Bonchev–Trinajstić information content (AvgIpc) is 3.01. The van der Waals surface area contributed by atoms with Crippen molar-refractivity contribution in [2.75, 3.05) is 13.2 Å². The van der Waals surface area contributed by atoms with Gasteiger partial charge < -0.3 is 14.2 Å². The molecule has 1 saturated heterocycles. The van der Waals surface area contributed by atoms with Gasteiger partial charge in [-0.1, -0.05) is 45.4 Å². The lowest BCUT2D eigenvalue weighted by molar-refractivity contribution is -0.215. The number of unbranched alkanes of at least 4 members (excludes halogenated alkanes) is 2. The van der Waals surface area contributed by atoms with E-state index < -0.39 is 58.4 Å². The molecule has 3 aromatic rings. The first-order valence-electron chi connectivity index (χ1n) is 15.5. The highest BCUT2D eigenvalue weighted by Gasteiger charge is 2.42. The van der Waals surface area contributed by atoms with Gasteiger partial charge in [-0.2, -0.15) is 14.0 Å². The van der Waals surface area contributed by atoms with Crippen LogP contribution in [0.15, 0.2) is 42.5 Å². The molecule has 1 heterocycles. The normalized spacial score (nSPS) is 22.0. The van der Waals surface area contributed by atoms with Gasteiger partial charge in [-0.15, -0.1) is 0 Å². The molecule has 246 valence electrons. The van der Waals surface area contributed by atoms with E-state index in [1.54, 1.807) is 0 Å². The summed E-state index contributed by atoms with van der Waals surface area (Å²) in [6.45, 7) is 2.84. The Kier molecular flexibility index (Phi) is 10.6. The monoisotopic (exact) mass is 649 g/mol. The fraction of sp³-hybridized carbons (Fsp3) is 0.457. The lowest BCUT2D eigenvalue weighted by Gasteiger charge is -2.38. The predicted octanol–water partition coefficient (Wildman–Crippen LogP) is 10.1. The molecule has 0 spiro atoms. The van der Waals surface area contributed by atoms with Crippen molar-refractivity contribution < 1.29 is 44.9 Å². The summed E-state index contributed by atoms with van der Waals surface area (Å²) >= 11 is 0. The number of nitriles is 1. The Labute approximate surface area is 263 Å². The van der Waals surface area contributed by atoms with Crippen molar-refractivity contribution in [1.29, 1.82) is 5.26 Å². The van der Waals surface area contributed by atoms with Gasteiger partial charge in [0.2, 0.25) is 0 Å². The second kappa shape index (κ2) is 14.4. The number of alkyl halides is 2. The SMILES string of the molecule is CCCCCC1CCC(C2COC(c3cc(F)c(C(F)(F)Oc4ccc(-c5cc(F)c(C#N)c(F)c5)c(F)c4)c(F)c3)OC2)CC1. The number of nitrogens with zero attached hydrogens (tertiary/aromatic N) is 1. The second-order valence-electron chi connectivity index (χ2n) is 12.1. The molecule has 0 N–H and O–H groups in total. The molecule has 46 heavy (non-hydrogen) atoms. The number of hydrogen-bond acceptors (Lipinski definition) is 4. The van der Waals surface area contributed by atoms with Crippen LogP contribution in [-0.2, 0) is 15.6 Å². The zero-order chi connectivity index (χ0) is 33.0. The highest BCUT2D eigenvalue weighted by Crippen LogP contribution is 2.41. The van der Waals surface area contributed by atoms with E-state index in [9.17, 15) is 13.2 Å². The van der Waals surface area contributed by atoms with E-state index in [4.69, 9.17) is 14.7 Å². The van der Waals surface area contributed by atoms with Crippen LogP contribution in [0.3, 0.4) is 0 Å². The summed E-state index contributed by atoms with van der Waals surface area (Å²) in [6.07, 6.45) is 3.74. The van der Waals surface area contributed by atoms with Crippen molar-refractivity contribution in [2.24, 2.45) is 17.8 Å². The van der Waals surface area contributed by atoms with Gasteiger partial charge in [0.1, 0.15) is 52.0 Å². The van der Waals surface area contributed by atoms with Gasteiger partial charge in [-0.3, -0.25) is 0 Å². The summed E-state index contributed by atoms with van der Waals surface area (Å²) in [5.41, 5.74) is -3.35. The number of halogens is 7. The molecule has 0 amide bonds. The van der Waals surface area contributed by atoms with Crippen LogP contribution < -0.4 is 4.74 Å². The summed E-state index contributed by atoms with van der Waals surface area (Å²) in [4.78, 5) is 0. The lowest BCUT2D eigenvalue weighted by Crippen LogP contribution is -2.34. The van der Waals surface area contributed by atoms with E-state index in [-0.39, 0.29) is 22.6 Å². The average molecular weight is 650 g/mol. The molecule has 0 unspecified atom stereocenters. The molecular weight excluding hydrogens is 615 g/mol. The van der Waals surface area contributed by atoms with Crippen LogP contribution in [0, 0.1) is 58.2 Å². The van der Waals surface area contributed by atoms with Gasteiger partial charge in [0.15, 0.2) is 6.29 Å². The van der Waals surface area contributed by atoms with Crippen molar-refractivity contribution in [3.8, 4) is 22.9 Å². The third-order valence-electron chi connectivity index (χ3n) is 8.98. The Hall–Kier alpha value is -3.62. The second-order valence-corrected chi connectivity index (χ2v) is 12.1. The predicted molar refractivity (Wildman–Crippen MR) is 155 cm³/mol. The maximum atomic E-state index is 15.0. The molecule has 0 atom stereocenters. The fourth-order valence-electron chi connectivity index (χ4n) is 6.45. The van der Waals surface area contributed by atoms with E-state index in [0.717, 1.165) is 43.7 Å². The third-order valence-corrected chi connectivity index (χ3v) is 8.98. The number of ether oxygens (including phenoxy) is 3. The lowest BCUT2D eigenvalue weighted by atomic mass is 9.74. The maximum Gasteiger partial charge on any atom is 0.432 e. The van der Waals surface area contributed by atoms with E-state index in [2.05, 4.69) is 11.7 Å². The molecule has 0 radical (unpaired) electrons. The minimum atomic E-state index is -4.57. The van der Waals surface area contributed by atoms with Crippen molar-refractivity contribution in [1.82, 2.24) is 0 Å². The van der Waals surface area contributed by atoms with Gasteiger partial charge in [-0.05, 0) is 66.6 Å². The maximum absolute atomic E-state index is 15.0. The van der Waals surface area contributed by atoms with E-state index in [0.29, 0.717) is 49.5 Å². The fourth-order valence-corrected chi connectivity index (χ4v) is 6.45. The number of hydrogen-bond donors (Lipinski definition) is 0. The molecule has 5 rings (SSSR count). The van der Waals surface area contributed by atoms with E-state index in [1.165, 1.54) is 31.8 Å². The zero-order valence-corrected chi connectivity index (χ0v) is 25.2. The summed E-state index contributed by atoms with van der Waals surface area (Å²) in [7, 11) is 0. The summed E-state index contributed by atoms with van der Waals surface area (Å²) < 4.78 is 119. The first-order valence-corrected chi connectivity index (χ1v) is 15.5. The Bertz CT molecular complexity index is 1530. The molecule has 11 heteroatoms. The van der Waals surface area contributed by atoms with Gasteiger partial charge >= 0.3 is 6.11 Å². The summed E-state index contributed by atoms with van der Waals surface area (Å²) in [5, 5.41) is 8.80. The molecular formula is C35H34F7NO3. The van der Waals surface area contributed by atoms with Gasteiger partial charge in [-0.25, -0.2) is 22.0 Å². The Morgan fingerprint density at radius 2 is 1.43 bits per heavy atom. The Morgan fingerprint density at radius 3 is 2.00 bits per heavy atom. The van der Waals surface area contributed by atoms with Crippen LogP contribution in [0.25, 0.3) is 11.1 Å². The molecule has 4 nitrogen and oxygen atoms in total. The van der Waals surface area contributed by atoms with Crippen LogP contribution in [0.2, 0.25) is 0 Å². The quantitative estimate of drug-likeness (QED) is 0.162.